The molecular formula is C21H23FN6. The zero-order valence-corrected chi connectivity index (χ0v) is 15.8. The van der Waals surface area contributed by atoms with Gasteiger partial charge >= 0.3 is 0 Å². The lowest BCUT2D eigenvalue weighted by molar-refractivity contribution is 0.612. The zero-order chi connectivity index (χ0) is 19.3. The van der Waals surface area contributed by atoms with Crippen molar-refractivity contribution < 1.29 is 4.39 Å². The molecule has 0 radical (unpaired) electrons. The van der Waals surface area contributed by atoms with Crippen LogP contribution in [0.15, 0.2) is 59.9 Å². The third kappa shape index (κ3) is 3.88. The van der Waals surface area contributed by atoms with Crippen LogP contribution >= 0.6 is 0 Å². The van der Waals surface area contributed by atoms with Gasteiger partial charge in [-0.15, -0.1) is 0 Å². The molecule has 0 bridgehead atoms. The molecule has 3 aromatic rings. The van der Waals surface area contributed by atoms with Gasteiger partial charge in [-0.05, 0) is 36.2 Å². The first-order valence-electron chi connectivity index (χ1n) is 9.40. The fourth-order valence-corrected chi connectivity index (χ4v) is 3.56. The minimum absolute atomic E-state index is 0.182. The van der Waals surface area contributed by atoms with Crippen molar-refractivity contribution in [2.45, 2.75) is 19.0 Å². The van der Waals surface area contributed by atoms with Crippen molar-refractivity contribution in [1.82, 2.24) is 20.6 Å². The van der Waals surface area contributed by atoms with E-state index >= 15 is 0 Å². The maximum atomic E-state index is 14.0. The van der Waals surface area contributed by atoms with E-state index in [0.717, 1.165) is 35.4 Å². The largest absolute Gasteiger partial charge is 0.352 e. The number of anilines is 1. The lowest BCUT2D eigenvalue weighted by atomic mass is 10.1. The predicted molar refractivity (Wildman–Crippen MR) is 110 cm³/mol. The number of benzene rings is 1. The molecule has 1 aliphatic rings. The number of rotatable bonds is 4. The topological polar surface area (TPSA) is 65.4 Å². The Balaban J connectivity index is 1.37. The first kappa shape index (κ1) is 18.2. The van der Waals surface area contributed by atoms with Gasteiger partial charge in [0.2, 0.25) is 0 Å². The standard InChI is InChI=1S/C21H23FN6/c1-23-21(26-13-15-8-11-24-19-7-3-2-5-17(15)19)27-16-9-12-28(14-16)20-18(22)6-4-10-25-20/h2-8,10-11,16H,9,12-14H2,1H3,(H2,23,26,27). The summed E-state index contributed by atoms with van der Waals surface area (Å²) in [7, 11) is 1.76. The summed E-state index contributed by atoms with van der Waals surface area (Å²) in [4.78, 5) is 14.9. The van der Waals surface area contributed by atoms with Gasteiger partial charge in [0.05, 0.1) is 5.52 Å². The van der Waals surface area contributed by atoms with E-state index in [1.54, 1.807) is 19.3 Å². The van der Waals surface area contributed by atoms with Crippen LogP contribution in [0.1, 0.15) is 12.0 Å². The molecule has 1 aromatic carbocycles. The number of para-hydroxylation sites is 1. The van der Waals surface area contributed by atoms with Crippen molar-refractivity contribution in [3.8, 4) is 0 Å². The molecule has 6 nitrogen and oxygen atoms in total. The SMILES string of the molecule is CN=C(NCc1ccnc2ccccc12)NC1CCN(c2ncccc2F)C1. The number of halogens is 1. The Morgan fingerprint density at radius 3 is 2.93 bits per heavy atom. The Morgan fingerprint density at radius 2 is 2.07 bits per heavy atom. The molecule has 4 rings (SSSR count). The molecule has 3 heterocycles. The summed E-state index contributed by atoms with van der Waals surface area (Å²) in [6.07, 6.45) is 4.35. The van der Waals surface area contributed by atoms with Crippen LogP contribution < -0.4 is 15.5 Å². The fourth-order valence-electron chi connectivity index (χ4n) is 3.56. The van der Waals surface area contributed by atoms with Gasteiger partial charge in [-0.3, -0.25) is 9.98 Å². The molecule has 0 aliphatic carbocycles. The number of aromatic nitrogens is 2. The highest BCUT2D eigenvalue weighted by Crippen LogP contribution is 2.21. The number of guanidine groups is 1. The normalized spacial score (nSPS) is 17.1. The van der Waals surface area contributed by atoms with E-state index in [1.165, 1.54) is 6.07 Å². The second-order valence-electron chi connectivity index (χ2n) is 6.80. The highest BCUT2D eigenvalue weighted by Gasteiger charge is 2.25. The van der Waals surface area contributed by atoms with E-state index < -0.39 is 0 Å². The summed E-state index contributed by atoms with van der Waals surface area (Å²) >= 11 is 0. The first-order valence-corrected chi connectivity index (χ1v) is 9.40. The highest BCUT2D eigenvalue weighted by atomic mass is 19.1. The van der Waals surface area contributed by atoms with Crippen LogP contribution in [0.3, 0.4) is 0 Å². The molecule has 28 heavy (non-hydrogen) atoms. The summed E-state index contributed by atoms with van der Waals surface area (Å²) in [5, 5.41) is 7.94. The van der Waals surface area contributed by atoms with E-state index in [9.17, 15) is 4.39 Å². The average molecular weight is 378 g/mol. The molecule has 0 saturated carbocycles. The van der Waals surface area contributed by atoms with Crippen molar-refractivity contribution in [2.75, 3.05) is 25.0 Å². The van der Waals surface area contributed by atoms with Crippen molar-refractivity contribution in [3.63, 3.8) is 0 Å². The van der Waals surface area contributed by atoms with Crippen LogP contribution in [0.5, 0.6) is 0 Å². The van der Waals surface area contributed by atoms with Crippen molar-refractivity contribution in [2.24, 2.45) is 4.99 Å². The van der Waals surface area contributed by atoms with Crippen LogP contribution in [0, 0.1) is 5.82 Å². The van der Waals surface area contributed by atoms with Gasteiger partial charge in [0.1, 0.15) is 0 Å². The second kappa shape index (κ2) is 8.21. The van der Waals surface area contributed by atoms with Crippen LogP contribution in [0.25, 0.3) is 10.9 Å². The number of aliphatic imine (C=N–C) groups is 1. The Hall–Kier alpha value is -3.22. The Kier molecular flexibility index (Phi) is 5.32. The number of nitrogens with one attached hydrogen (secondary N) is 2. The average Bonchev–Trinajstić information content (AvgIpc) is 3.19. The summed E-state index contributed by atoms with van der Waals surface area (Å²) < 4.78 is 14.0. The maximum Gasteiger partial charge on any atom is 0.191 e. The summed E-state index contributed by atoms with van der Waals surface area (Å²) in [6, 6.07) is 13.3. The van der Waals surface area contributed by atoms with Crippen molar-refractivity contribution >= 4 is 22.7 Å². The van der Waals surface area contributed by atoms with Crippen LogP contribution in [-0.4, -0.2) is 42.1 Å². The third-order valence-corrected chi connectivity index (χ3v) is 4.98. The maximum absolute atomic E-state index is 14.0. The number of hydrogen-bond acceptors (Lipinski definition) is 4. The fraction of sp³-hybridized carbons (Fsp3) is 0.286. The van der Waals surface area contributed by atoms with Crippen LogP contribution in [0.4, 0.5) is 10.2 Å². The van der Waals surface area contributed by atoms with E-state index in [2.05, 4.69) is 31.7 Å². The monoisotopic (exact) mass is 378 g/mol. The van der Waals surface area contributed by atoms with Gasteiger partial charge in [-0.1, -0.05) is 18.2 Å². The Labute approximate surface area is 163 Å². The van der Waals surface area contributed by atoms with E-state index in [-0.39, 0.29) is 11.9 Å². The lowest BCUT2D eigenvalue weighted by Gasteiger charge is -2.20. The van der Waals surface area contributed by atoms with Gasteiger partial charge in [0, 0.05) is 50.5 Å². The minimum atomic E-state index is -0.282. The molecule has 2 N–H and O–H groups in total. The van der Waals surface area contributed by atoms with E-state index in [1.807, 2.05) is 35.4 Å². The molecule has 1 unspecified atom stereocenters. The molecular weight excluding hydrogens is 355 g/mol. The van der Waals surface area contributed by atoms with Crippen molar-refractivity contribution in [1.29, 1.82) is 0 Å². The van der Waals surface area contributed by atoms with E-state index in [4.69, 9.17) is 0 Å². The number of fused-ring (bicyclic) bond motifs is 1. The molecule has 1 atom stereocenters. The number of pyridine rings is 2. The molecule has 7 heteroatoms. The molecule has 1 aliphatic heterocycles. The molecule has 0 spiro atoms. The third-order valence-electron chi connectivity index (χ3n) is 4.98. The lowest BCUT2D eigenvalue weighted by Crippen LogP contribution is -2.44. The second-order valence-corrected chi connectivity index (χ2v) is 6.80. The Bertz CT molecular complexity index is 984. The quantitative estimate of drug-likeness (QED) is 0.540. The number of hydrogen-bond donors (Lipinski definition) is 2. The van der Waals surface area contributed by atoms with Gasteiger partial charge in [0.25, 0.3) is 0 Å². The minimum Gasteiger partial charge on any atom is -0.352 e. The summed E-state index contributed by atoms with van der Waals surface area (Å²) in [6.45, 7) is 2.10. The summed E-state index contributed by atoms with van der Waals surface area (Å²) in [5.74, 6) is 0.863. The smallest absolute Gasteiger partial charge is 0.191 e. The molecule has 1 saturated heterocycles. The Morgan fingerprint density at radius 1 is 1.18 bits per heavy atom. The van der Waals surface area contributed by atoms with E-state index in [0.29, 0.717) is 18.9 Å². The first-order chi connectivity index (χ1) is 13.7. The van der Waals surface area contributed by atoms with Gasteiger partial charge in [-0.25, -0.2) is 9.37 Å². The van der Waals surface area contributed by atoms with Crippen LogP contribution in [0.2, 0.25) is 0 Å². The van der Waals surface area contributed by atoms with Gasteiger partial charge < -0.3 is 15.5 Å². The molecule has 2 aromatic heterocycles. The molecule has 144 valence electrons. The van der Waals surface area contributed by atoms with Crippen LogP contribution in [-0.2, 0) is 6.54 Å². The van der Waals surface area contributed by atoms with Crippen molar-refractivity contribution in [3.05, 3.63) is 66.2 Å². The molecule has 1 fully saturated rings. The predicted octanol–water partition coefficient (Wildman–Crippen LogP) is 2.71. The number of nitrogens with zero attached hydrogens (tertiary/aromatic N) is 4. The van der Waals surface area contributed by atoms with Gasteiger partial charge in [0.15, 0.2) is 17.6 Å². The van der Waals surface area contributed by atoms with Gasteiger partial charge in [-0.2, -0.15) is 0 Å². The summed E-state index contributed by atoms with van der Waals surface area (Å²) in [5.41, 5.74) is 2.14. The molecule has 0 amide bonds. The zero-order valence-electron chi connectivity index (χ0n) is 15.8. The highest BCUT2D eigenvalue weighted by molar-refractivity contribution is 5.83.